The second-order valence-corrected chi connectivity index (χ2v) is 5.66. The van der Waals surface area contributed by atoms with Gasteiger partial charge in [0.25, 0.3) is 0 Å². The third kappa shape index (κ3) is 2.88. The van der Waals surface area contributed by atoms with Crippen molar-refractivity contribution in [3.8, 4) is 11.7 Å². The summed E-state index contributed by atoms with van der Waals surface area (Å²) < 4.78 is 7.37. The molecule has 1 saturated heterocycles. The van der Waals surface area contributed by atoms with E-state index in [1.54, 1.807) is 24.9 Å². The van der Waals surface area contributed by atoms with Crippen molar-refractivity contribution in [3.63, 3.8) is 0 Å². The van der Waals surface area contributed by atoms with Gasteiger partial charge in [0, 0.05) is 18.7 Å². The van der Waals surface area contributed by atoms with Gasteiger partial charge in [-0.15, -0.1) is 0 Å². The van der Waals surface area contributed by atoms with Crippen LogP contribution in [0.5, 0.6) is 5.88 Å². The van der Waals surface area contributed by atoms with Gasteiger partial charge in [0.1, 0.15) is 17.7 Å². The Hall–Kier alpha value is -2.74. The van der Waals surface area contributed by atoms with Crippen LogP contribution in [0.2, 0.25) is 0 Å². The van der Waals surface area contributed by atoms with E-state index in [-0.39, 0.29) is 0 Å². The number of ether oxygens (including phenoxy) is 1. The molecule has 1 fully saturated rings. The summed E-state index contributed by atoms with van der Waals surface area (Å²) in [6, 6.07) is 2.26. The summed E-state index contributed by atoms with van der Waals surface area (Å²) in [5, 5.41) is 6.75. The van der Waals surface area contributed by atoms with Crippen molar-refractivity contribution in [2.75, 3.05) is 25.0 Å². The van der Waals surface area contributed by atoms with Crippen LogP contribution in [0.4, 0.5) is 5.82 Å². The summed E-state index contributed by atoms with van der Waals surface area (Å²) in [5.41, 5.74) is 1.68. The highest BCUT2D eigenvalue weighted by atomic mass is 16.5. The minimum Gasteiger partial charge on any atom is -0.478 e. The van der Waals surface area contributed by atoms with Crippen LogP contribution in [0.25, 0.3) is 16.9 Å². The number of imidazole rings is 1. The van der Waals surface area contributed by atoms with Gasteiger partial charge in [-0.3, -0.25) is 9.55 Å². The van der Waals surface area contributed by atoms with Crippen LogP contribution in [0.3, 0.4) is 0 Å². The van der Waals surface area contributed by atoms with E-state index >= 15 is 0 Å². The fraction of sp³-hybridized carbons (Fsp3) is 0.375. The average molecular weight is 325 g/mol. The Bertz CT molecular complexity index is 841. The van der Waals surface area contributed by atoms with E-state index in [1.807, 2.05) is 17.6 Å². The van der Waals surface area contributed by atoms with Crippen LogP contribution in [0.15, 0.2) is 31.0 Å². The van der Waals surface area contributed by atoms with E-state index < -0.39 is 0 Å². The molecule has 4 heterocycles. The number of nitrogens with zero attached hydrogens (tertiary/aromatic N) is 5. The normalized spacial score (nSPS) is 17.3. The molecule has 1 unspecified atom stereocenters. The van der Waals surface area contributed by atoms with Crippen LogP contribution in [0.1, 0.15) is 13.3 Å². The highest BCUT2D eigenvalue weighted by Crippen LogP contribution is 2.20. The zero-order valence-corrected chi connectivity index (χ0v) is 13.4. The fourth-order valence-corrected chi connectivity index (χ4v) is 2.83. The minimum atomic E-state index is 0.392. The molecule has 2 N–H and O–H groups in total. The number of aromatic nitrogens is 5. The molecule has 8 nitrogen and oxygen atoms in total. The number of nitrogens with one attached hydrogen (secondary N) is 2. The van der Waals surface area contributed by atoms with Gasteiger partial charge in [-0.1, -0.05) is 0 Å². The first-order chi connectivity index (χ1) is 11.8. The van der Waals surface area contributed by atoms with E-state index in [0.29, 0.717) is 24.3 Å². The van der Waals surface area contributed by atoms with Crippen molar-refractivity contribution >= 4 is 16.9 Å². The zero-order chi connectivity index (χ0) is 16.4. The van der Waals surface area contributed by atoms with E-state index in [2.05, 4.69) is 30.6 Å². The second-order valence-electron chi connectivity index (χ2n) is 5.66. The minimum absolute atomic E-state index is 0.392. The predicted octanol–water partition coefficient (Wildman–Crippen LogP) is 1.38. The van der Waals surface area contributed by atoms with E-state index in [9.17, 15) is 0 Å². The number of hydrogen-bond donors (Lipinski definition) is 2. The van der Waals surface area contributed by atoms with Crippen molar-refractivity contribution in [2.24, 2.45) is 0 Å². The third-order valence-corrected chi connectivity index (χ3v) is 3.98. The lowest BCUT2D eigenvalue weighted by atomic mass is 10.3. The molecule has 24 heavy (non-hydrogen) atoms. The predicted molar refractivity (Wildman–Crippen MR) is 90.5 cm³/mol. The van der Waals surface area contributed by atoms with Gasteiger partial charge in [-0.25, -0.2) is 15.0 Å². The second kappa shape index (κ2) is 6.40. The number of fused-ring (bicyclic) bond motifs is 1. The molecule has 3 aromatic rings. The molecule has 124 valence electrons. The Labute approximate surface area is 139 Å². The first-order valence-electron chi connectivity index (χ1n) is 8.09. The largest absolute Gasteiger partial charge is 0.478 e. The van der Waals surface area contributed by atoms with Crippen LogP contribution in [-0.2, 0) is 0 Å². The Morgan fingerprint density at radius 2 is 2.29 bits per heavy atom. The Kier molecular flexibility index (Phi) is 3.96. The summed E-state index contributed by atoms with van der Waals surface area (Å²) in [7, 11) is 0. The summed E-state index contributed by atoms with van der Waals surface area (Å²) >= 11 is 0. The zero-order valence-electron chi connectivity index (χ0n) is 13.4. The Morgan fingerprint density at radius 3 is 3.12 bits per heavy atom. The van der Waals surface area contributed by atoms with Gasteiger partial charge in [0.15, 0.2) is 5.82 Å². The fourth-order valence-electron chi connectivity index (χ4n) is 2.83. The van der Waals surface area contributed by atoms with E-state index in [0.717, 1.165) is 36.4 Å². The molecule has 0 spiro atoms. The third-order valence-electron chi connectivity index (χ3n) is 3.98. The first-order valence-corrected chi connectivity index (χ1v) is 8.09. The Morgan fingerprint density at radius 1 is 1.33 bits per heavy atom. The molecule has 4 rings (SSSR count). The maximum atomic E-state index is 5.48. The number of anilines is 1. The maximum Gasteiger partial charge on any atom is 0.215 e. The molecule has 3 aromatic heterocycles. The summed E-state index contributed by atoms with van der Waals surface area (Å²) in [6.45, 7) is 4.48. The topological polar surface area (TPSA) is 89.8 Å². The Balaban J connectivity index is 1.67. The average Bonchev–Trinajstić information content (AvgIpc) is 3.24. The van der Waals surface area contributed by atoms with E-state index in [1.165, 1.54) is 0 Å². The molecular weight excluding hydrogens is 306 g/mol. The highest BCUT2D eigenvalue weighted by Gasteiger charge is 2.15. The molecular formula is C16H19N7O. The maximum absolute atomic E-state index is 5.48. The van der Waals surface area contributed by atoms with Crippen molar-refractivity contribution in [2.45, 2.75) is 19.4 Å². The standard InChI is InChI=1S/C16H19N7O/c1-2-24-16-5-13-12(7-19-16)20-10-23(13)15-9-18-8-14(22-15)21-11-3-4-17-6-11/h5,7-11,17H,2-4,6H2,1H3,(H,21,22). The molecule has 1 atom stereocenters. The van der Waals surface area contributed by atoms with Crippen molar-refractivity contribution in [1.29, 1.82) is 0 Å². The van der Waals surface area contributed by atoms with Crippen LogP contribution in [0, 0.1) is 0 Å². The van der Waals surface area contributed by atoms with Crippen molar-refractivity contribution in [3.05, 3.63) is 31.0 Å². The van der Waals surface area contributed by atoms with Crippen LogP contribution < -0.4 is 15.4 Å². The lowest BCUT2D eigenvalue weighted by Gasteiger charge is -2.12. The monoisotopic (exact) mass is 325 g/mol. The molecule has 0 radical (unpaired) electrons. The van der Waals surface area contributed by atoms with Gasteiger partial charge in [-0.05, 0) is 19.9 Å². The number of pyridine rings is 1. The van der Waals surface area contributed by atoms with Crippen LogP contribution >= 0.6 is 0 Å². The van der Waals surface area contributed by atoms with Gasteiger partial charge in [-0.2, -0.15) is 0 Å². The summed E-state index contributed by atoms with van der Waals surface area (Å²) in [5.74, 6) is 2.05. The van der Waals surface area contributed by atoms with E-state index in [4.69, 9.17) is 4.74 Å². The first kappa shape index (κ1) is 14.8. The lowest BCUT2D eigenvalue weighted by Crippen LogP contribution is -2.23. The molecule has 1 aliphatic rings. The lowest BCUT2D eigenvalue weighted by molar-refractivity contribution is 0.327. The molecule has 8 heteroatoms. The van der Waals surface area contributed by atoms with Crippen molar-refractivity contribution in [1.82, 2.24) is 29.8 Å². The molecule has 0 saturated carbocycles. The SMILES string of the molecule is CCOc1cc2c(cn1)ncn2-c1cncc(NC2CCNC2)n1. The smallest absolute Gasteiger partial charge is 0.215 e. The van der Waals surface area contributed by atoms with Crippen molar-refractivity contribution < 1.29 is 4.74 Å². The molecule has 1 aliphatic heterocycles. The summed E-state index contributed by atoms with van der Waals surface area (Å²) in [4.78, 5) is 17.6. The van der Waals surface area contributed by atoms with Gasteiger partial charge < -0.3 is 15.4 Å². The molecule has 0 aromatic carbocycles. The van der Waals surface area contributed by atoms with Gasteiger partial charge in [0.2, 0.25) is 5.88 Å². The number of hydrogen-bond acceptors (Lipinski definition) is 7. The van der Waals surface area contributed by atoms with Gasteiger partial charge >= 0.3 is 0 Å². The highest BCUT2D eigenvalue weighted by molar-refractivity contribution is 5.77. The number of rotatable bonds is 5. The molecule has 0 amide bonds. The molecule has 0 aliphatic carbocycles. The van der Waals surface area contributed by atoms with Crippen LogP contribution in [-0.4, -0.2) is 50.2 Å². The summed E-state index contributed by atoms with van der Waals surface area (Å²) in [6.07, 6.45) is 7.99. The molecule has 0 bridgehead atoms. The van der Waals surface area contributed by atoms with Gasteiger partial charge in [0.05, 0.1) is 30.7 Å². The quantitative estimate of drug-likeness (QED) is 0.732.